The molecular formula is C12H15N3O2. The molecule has 0 spiro atoms. The second-order valence-corrected chi connectivity index (χ2v) is 5.17. The molecule has 0 amide bonds. The maximum atomic E-state index is 11.7. The first kappa shape index (κ1) is 10.5. The number of aromatic nitrogens is 3. The first-order valence-electron chi connectivity index (χ1n) is 5.76. The summed E-state index contributed by atoms with van der Waals surface area (Å²) >= 11 is 0. The van der Waals surface area contributed by atoms with Crippen molar-refractivity contribution in [1.29, 1.82) is 0 Å². The van der Waals surface area contributed by atoms with Crippen LogP contribution in [0.3, 0.4) is 0 Å². The molecule has 0 unspecified atom stereocenters. The molecule has 2 aromatic rings. The Morgan fingerprint density at radius 3 is 2.94 bits per heavy atom. The monoisotopic (exact) mass is 233 g/mol. The number of nitrogens with zero attached hydrogens (tertiary/aromatic N) is 2. The lowest BCUT2D eigenvalue weighted by Crippen LogP contribution is -2.40. The van der Waals surface area contributed by atoms with Crippen molar-refractivity contribution in [2.45, 2.75) is 38.2 Å². The molecule has 2 N–H and O–H groups in total. The number of hydrogen-bond acceptors (Lipinski definition) is 3. The van der Waals surface area contributed by atoms with Gasteiger partial charge >= 0.3 is 0 Å². The molecule has 0 radical (unpaired) electrons. The number of fused-ring (bicyclic) bond motifs is 1. The van der Waals surface area contributed by atoms with Crippen molar-refractivity contribution in [2.75, 3.05) is 0 Å². The Balaban J connectivity index is 2.13. The standard InChI is InChI=1S/C12H15N3O2/c1-7-9-11(16)13-3-4-15(9)10(14-7)8-5-12(2,17)6-8/h3-4,8,17H,5-6H2,1-2H3,(H,13,16). The molecule has 3 rings (SSSR count). The molecular weight excluding hydrogens is 218 g/mol. The topological polar surface area (TPSA) is 70.4 Å². The third-order valence-corrected chi connectivity index (χ3v) is 3.50. The average molecular weight is 233 g/mol. The molecule has 5 heteroatoms. The highest BCUT2D eigenvalue weighted by molar-refractivity contribution is 5.51. The van der Waals surface area contributed by atoms with Crippen molar-refractivity contribution in [3.05, 3.63) is 34.3 Å². The minimum Gasteiger partial charge on any atom is -0.390 e. The van der Waals surface area contributed by atoms with Crippen molar-refractivity contribution in [3.63, 3.8) is 0 Å². The van der Waals surface area contributed by atoms with Crippen LogP contribution in [-0.2, 0) is 0 Å². The Bertz CT molecular complexity index is 631. The van der Waals surface area contributed by atoms with Gasteiger partial charge in [0.25, 0.3) is 5.56 Å². The molecule has 0 saturated heterocycles. The van der Waals surface area contributed by atoms with Gasteiger partial charge in [-0.1, -0.05) is 0 Å². The lowest BCUT2D eigenvalue weighted by atomic mass is 9.72. The third kappa shape index (κ3) is 1.50. The van der Waals surface area contributed by atoms with E-state index in [0.717, 1.165) is 11.5 Å². The van der Waals surface area contributed by atoms with Gasteiger partial charge in [0.1, 0.15) is 11.3 Å². The Kier molecular flexibility index (Phi) is 1.98. The molecule has 1 saturated carbocycles. The summed E-state index contributed by atoms with van der Waals surface area (Å²) in [5.74, 6) is 1.13. The number of aryl methyl sites for hydroxylation is 1. The number of aliphatic hydroxyl groups is 1. The number of hydrogen-bond donors (Lipinski definition) is 2. The van der Waals surface area contributed by atoms with Crippen molar-refractivity contribution < 1.29 is 5.11 Å². The van der Waals surface area contributed by atoms with Gasteiger partial charge in [-0.15, -0.1) is 0 Å². The molecule has 0 aliphatic heterocycles. The van der Waals surface area contributed by atoms with Gasteiger partial charge < -0.3 is 10.1 Å². The Hall–Kier alpha value is -1.62. The average Bonchev–Trinajstić information content (AvgIpc) is 2.54. The highest BCUT2D eigenvalue weighted by atomic mass is 16.3. The molecule has 1 fully saturated rings. The summed E-state index contributed by atoms with van der Waals surface area (Å²) in [6.45, 7) is 3.67. The quantitative estimate of drug-likeness (QED) is 0.770. The van der Waals surface area contributed by atoms with E-state index in [1.54, 1.807) is 6.20 Å². The summed E-state index contributed by atoms with van der Waals surface area (Å²) in [4.78, 5) is 18.8. The second-order valence-electron chi connectivity index (χ2n) is 5.17. The molecule has 0 atom stereocenters. The number of aromatic amines is 1. The Morgan fingerprint density at radius 1 is 1.59 bits per heavy atom. The first-order valence-corrected chi connectivity index (χ1v) is 5.76. The van der Waals surface area contributed by atoms with Crippen LogP contribution >= 0.6 is 0 Å². The smallest absolute Gasteiger partial charge is 0.274 e. The van der Waals surface area contributed by atoms with Gasteiger partial charge in [-0.25, -0.2) is 4.98 Å². The molecule has 0 aromatic carbocycles. The fourth-order valence-electron chi connectivity index (χ4n) is 2.72. The van der Waals surface area contributed by atoms with Crippen LogP contribution in [0, 0.1) is 6.92 Å². The van der Waals surface area contributed by atoms with Gasteiger partial charge in [0.15, 0.2) is 0 Å². The summed E-state index contributed by atoms with van der Waals surface area (Å²) in [7, 11) is 0. The van der Waals surface area contributed by atoms with E-state index in [1.807, 2.05) is 24.4 Å². The van der Waals surface area contributed by atoms with Crippen LogP contribution < -0.4 is 5.56 Å². The van der Waals surface area contributed by atoms with Crippen LogP contribution in [-0.4, -0.2) is 25.1 Å². The third-order valence-electron chi connectivity index (χ3n) is 3.50. The highest BCUT2D eigenvalue weighted by Gasteiger charge is 2.41. The van der Waals surface area contributed by atoms with Crippen molar-refractivity contribution in [1.82, 2.24) is 14.4 Å². The summed E-state index contributed by atoms with van der Waals surface area (Å²) in [5, 5.41) is 9.77. The largest absolute Gasteiger partial charge is 0.390 e. The molecule has 1 aliphatic carbocycles. The van der Waals surface area contributed by atoms with E-state index in [0.29, 0.717) is 18.4 Å². The van der Waals surface area contributed by atoms with Crippen LogP contribution in [0.1, 0.15) is 37.2 Å². The normalized spacial score (nSPS) is 28.3. The van der Waals surface area contributed by atoms with Gasteiger partial charge in [0.2, 0.25) is 0 Å². The van der Waals surface area contributed by atoms with Gasteiger partial charge in [-0.3, -0.25) is 9.20 Å². The van der Waals surface area contributed by atoms with Gasteiger partial charge in [0, 0.05) is 18.3 Å². The number of nitrogens with one attached hydrogen (secondary N) is 1. The summed E-state index contributed by atoms with van der Waals surface area (Å²) in [6, 6.07) is 0. The zero-order valence-corrected chi connectivity index (χ0v) is 9.90. The van der Waals surface area contributed by atoms with Crippen LogP contribution in [0.25, 0.3) is 5.52 Å². The van der Waals surface area contributed by atoms with E-state index in [9.17, 15) is 9.90 Å². The van der Waals surface area contributed by atoms with Crippen molar-refractivity contribution in [3.8, 4) is 0 Å². The summed E-state index contributed by atoms with van der Waals surface area (Å²) in [5.41, 5.74) is 0.656. The minimum atomic E-state index is -0.578. The van der Waals surface area contributed by atoms with Gasteiger partial charge in [-0.2, -0.15) is 0 Å². The Labute approximate surface area is 98.1 Å². The van der Waals surface area contributed by atoms with E-state index in [-0.39, 0.29) is 11.5 Å². The van der Waals surface area contributed by atoms with E-state index in [1.165, 1.54) is 0 Å². The molecule has 1 aliphatic rings. The number of rotatable bonds is 1. The molecule has 5 nitrogen and oxygen atoms in total. The van der Waals surface area contributed by atoms with E-state index >= 15 is 0 Å². The fourth-order valence-corrected chi connectivity index (χ4v) is 2.72. The first-order chi connectivity index (χ1) is 7.98. The second kappa shape index (κ2) is 3.20. The molecule has 2 heterocycles. The van der Waals surface area contributed by atoms with Crippen molar-refractivity contribution >= 4 is 5.52 Å². The van der Waals surface area contributed by atoms with E-state index in [4.69, 9.17) is 0 Å². The zero-order chi connectivity index (χ0) is 12.2. The maximum Gasteiger partial charge on any atom is 0.274 e. The van der Waals surface area contributed by atoms with Crippen LogP contribution in [0.5, 0.6) is 0 Å². The minimum absolute atomic E-state index is 0.116. The number of H-pyrrole nitrogens is 1. The lowest BCUT2D eigenvalue weighted by molar-refractivity contribution is -0.0335. The number of imidazole rings is 1. The molecule has 0 bridgehead atoms. The summed E-state index contributed by atoms with van der Waals surface area (Å²) in [6.07, 6.45) is 4.85. The van der Waals surface area contributed by atoms with E-state index < -0.39 is 5.60 Å². The highest BCUT2D eigenvalue weighted by Crippen LogP contribution is 2.43. The summed E-state index contributed by atoms with van der Waals surface area (Å²) < 4.78 is 1.84. The predicted octanol–water partition coefficient (Wildman–Crippen LogP) is 0.959. The molecule has 17 heavy (non-hydrogen) atoms. The van der Waals surface area contributed by atoms with Crippen molar-refractivity contribution in [2.24, 2.45) is 0 Å². The van der Waals surface area contributed by atoms with Gasteiger partial charge in [0.05, 0.1) is 11.3 Å². The molecule has 90 valence electrons. The van der Waals surface area contributed by atoms with Crippen LogP contribution in [0.4, 0.5) is 0 Å². The fraction of sp³-hybridized carbons (Fsp3) is 0.500. The van der Waals surface area contributed by atoms with Gasteiger partial charge in [-0.05, 0) is 26.7 Å². The predicted molar refractivity (Wildman–Crippen MR) is 63.1 cm³/mol. The van der Waals surface area contributed by atoms with Crippen LogP contribution in [0.15, 0.2) is 17.2 Å². The maximum absolute atomic E-state index is 11.7. The molecule has 2 aromatic heterocycles. The SMILES string of the molecule is Cc1nc(C2CC(C)(O)C2)n2cc[nH]c(=O)c12. The lowest BCUT2D eigenvalue weighted by Gasteiger charge is -2.40. The Morgan fingerprint density at radius 2 is 2.29 bits per heavy atom. The zero-order valence-electron chi connectivity index (χ0n) is 9.90. The van der Waals surface area contributed by atoms with E-state index in [2.05, 4.69) is 9.97 Å². The van der Waals surface area contributed by atoms with Crippen LogP contribution in [0.2, 0.25) is 0 Å².